The van der Waals surface area contributed by atoms with Crippen molar-refractivity contribution in [3.63, 3.8) is 0 Å². The standard InChI is InChI=1S/C15H23ClN2O/c1-3-19-15-8-4-6-13(12-15)9-10-14(18-17-2)7-5-11-16/h4,6,8,12,14H,3,5,7,9-11H2,1-2H3/b18-17+. The molecular weight excluding hydrogens is 260 g/mol. The van der Waals surface area contributed by atoms with Crippen LogP contribution in [-0.2, 0) is 6.42 Å². The number of alkyl halides is 1. The molecule has 0 N–H and O–H groups in total. The van der Waals surface area contributed by atoms with Gasteiger partial charge in [0.25, 0.3) is 0 Å². The second kappa shape index (κ2) is 9.79. The molecule has 0 saturated heterocycles. The van der Waals surface area contributed by atoms with E-state index in [1.165, 1.54) is 5.56 Å². The highest BCUT2D eigenvalue weighted by atomic mass is 35.5. The zero-order valence-corrected chi connectivity index (χ0v) is 12.6. The van der Waals surface area contributed by atoms with Crippen molar-refractivity contribution in [1.82, 2.24) is 0 Å². The van der Waals surface area contributed by atoms with Gasteiger partial charge in [-0.3, -0.25) is 0 Å². The average molecular weight is 283 g/mol. The molecule has 0 aliphatic rings. The topological polar surface area (TPSA) is 34.0 Å². The summed E-state index contributed by atoms with van der Waals surface area (Å²) in [6.45, 7) is 2.70. The van der Waals surface area contributed by atoms with E-state index >= 15 is 0 Å². The molecule has 0 amide bonds. The first-order valence-corrected chi connectivity index (χ1v) is 7.40. The second-order valence-corrected chi connectivity index (χ2v) is 4.80. The van der Waals surface area contributed by atoms with Gasteiger partial charge >= 0.3 is 0 Å². The Hall–Kier alpha value is -1.09. The molecule has 1 aromatic rings. The average Bonchev–Trinajstić information content (AvgIpc) is 2.43. The Labute approximate surface area is 121 Å². The minimum atomic E-state index is 0.277. The summed E-state index contributed by atoms with van der Waals surface area (Å²) in [4.78, 5) is 0. The van der Waals surface area contributed by atoms with Crippen molar-refractivity contribution >= 4 is 11.6 Å². The maximum Gasteiger partial charge on any atom is 0.119 e. The van der Waals surface area contributed by atoms with Gasteiger partial charge < -0.3 is 4.74 Å². The number of azo groups is 1. The van der Waals surface area contributed by atoms with Crippen LogP contribution in [0.5, 0.6) is 5.75 Å². The molecule has 0 bridgehead atoms. The number of hydrogen-bond donors (Lipinski definition) is 0. The highest BCUT2D eigenvalue weighted by molar-refractivity contribution is 6.17. The quantitative estimate of drug-likeness (QED) is 0.485. The summed E-state index contributed by atoms with van der Waals surface area (Å²) in [7, 11) is 1.73. The second-order valence-electron chi connectivity index (χ2n) is 4.42. The molecule has 0 aliphatic heterocycles. The summed E-state index contributed by atoms with van der Waals surface area (Å²) in [6.07, 6.45) is 3.99. The number of hydrogen-bond acceptors (Lipinski definition) is 3. The van der Waals surface area contributed by atoms with E-state index < -0.39 is 0 Å². The highest BCUT2D eigenvalue weighted by Gasteiger charge is 2.07. The minimum Gasteiger partial charge on any atom is -0.494 e. The summed E-state index contributed by atoms with van der Waals surface area (Å²) in [6, 6.07) is 8.54. The lowest BCUT2D eigenvalue weighted by Crippen LogP contribution is -2.06. The van der Waals surface area contributed by atoms with E-state index in [1.807, 2.05) is 19.1 Å². The Kier molecular flexibility index (Phi) is 8.23. The molecule has 1 aromatic carbocycles. The van der Waals surface area contributed by atoms with E-state index in [0.717, 1.165) is 31.4 Å². The van der Waals surface area contributed by atoms with Crippen LogP contribution in [0.25, 0.3) is 0 Å². The molecule has 0 radical (unpaired) electrons. The monoisotopic (exact) mass is 282 g/mol. The van der Waals surface area contributed by atoms with E-state index in [0.29, 0.717) is 12.5 Å². The van der Waals surface area contributed by atoms with Crippen molar-refractivity contribution in [2.45, 2.75) is 38.6 Å². The number of ether oxygens (including phenoxy) is 1. The van der Waals surface area contributed by atoms with Gasteiger partial charge in [-0.25, -0.2) is 0 Å². The van der Waals surface area contributed by atoms with Crippen LogP contribution in [0.15, 0.2) is 34.5 Å². The van der Waals surface area contributed by atoms with Gasteiger partial charge in [-0.1, -0.05) is 12.1 Å². The van der Waals surface area contributed by atoms with Gasteiger partial charge in [0.1, 0.15) is 5.75 Å². The van der Waals surface area contributed by atoms with Crippen LogP contribution in [0.4, 0.5) is 0 Å². The van der Waals surface area contributed by atoms with Crippen molar-refractivity contribution in [2.24, 2.45) is 10.2 Å². The number of aryl methyl sites for hydroxylation is 1. The van der Waals surface area contributed by atoms with Crippen molar-refractivity contribution in [3.8, 4) is 5.75 Å². The summed E-state index contributed by atoms with van der Waals surface area (Å²) >= 11 is 5.73. The lowest BCUT2D eigenvalue weighted by Gasteiger charge is -2.11. The Balaban J connectivity index is 2.50. The normalized spacial score (nSPS) is 12.8. The smallest absolute Gasteiger partial charge is 0.119 e. The fourth-order valence-electron chi connectivity index (χ4n) is 2.03. The summed E-state index contributed by atoms with van der Waals surface area (Å²) in [5.74, 6) is 1.63. The first-order valence-electron chi connectivity index (χ1n) is 6.86. The van der Waals surface area contributed by atoms with E-state index in [1.54, 1.807) is 7.05 Å². The van der Waals surface area contributed by atoms with Crippen molar-refractivity contribution in [3.05, 3.63) is 29.8 Å². The largest absolute Gasteiger partial charge is 0.494 e. The molecule has 0 heterocycles. The number of rotatable bonds is 9. The molecule has 4 heteroatoms. The molecule has 0 saturated carbocycles. The summed E-state index contributed by atoms with van der Waals surface area (Å²) in [5, 5.41) is 8.18. The molecule has 1 atom stereocenters. The van der Waals surface area contributed by atoms with Gasteiger partial charge in [0.05, 0.1) is 12.6 Å². The molecule has 0 fully saturated rings. The van der Waals surface area contributed by atoms with Gasteiger partial charge in [-0.15, -0.1) is 11.6 Å². The number of halogens is 1. The van der Waals surface area contributed by atoms with E-state index in [4.69, 9.17) is 16.3 Å². The molecule has 3 nitrogen and oxygen atoms in total. The Bertz CT molecular complexity index is 382. The predicted octanol–water partition coefficient (Wildman–Crippen LogP) is 4.49. The van der Waals surface area contributed by atoms with Crippen LogP contribution in [0.1, 0.15) is 31.7 Å². The van der Waals surface area contributed by atoms with Crippen molar-refractivity contribution in [2.75, 3.05) is 19.5 Å². The summed E-state index contributed by atoms with van der Waals surface area (Å²) in [5.41, 5.74) is 1.29. The molecule has 1 unspecified atom stereocenters. The SMILES string of the molecule is CCOc1cccc(CCC(CCCCl)/N=N/C)c1. The molecule has 0 spiro atoms. The Morgan fingerprint density at radius 2 is 2.16 bits per heavy atom. The van der Waals surface area contributed by atoms with E-state index in [9.17, 15) is 0 Å². The third kappa shape index (κ3) is 6.58. The van der Waals surface area contributed by atoms with Crippen LogP contribution >= 0.6 is 11.6 Å². The predicted molar refractivity (Wildman–Crippen MR) is 80.5 cm³/mol. The van der Waals surface area contributed by atoms with Crippen LogP contribution < -0.4 is 4.74 Å². The molecular formula is C15H23ClN2O. The van der Waals surface area contributed by atoms with Gasteiger partial charge in [-0.2, -0.15) is 10.2 Å². The molecule has 1 rings (SSSR count). The van der Waals surface area contributed by atoms with Crippen LogP contribution in [-0.4, -0.2) is 25.6 Å². The third-order valence-electron chi connectivity index (χ3n) is 2.93. The zero-order valence-electron chi connectivity index (χ0n) is 11.8. The van der Waals surface area contributed by atoms with Gasteiger partial charge in [0.15, 0.2) is 0 Å². The highest BCUT2D eigenvalue weighted by Crippen LogP contribution is 2.17. The first-order chi connectivity index (χ1) is 9.30. The Morgan fingerprint density at radius 3 is 2.84 bits per heavy atom. The zero-order chi connectivity index (χ0) is 13.9. The lowest BCUT2D eigenvalue weighted by molar-refractivity contribution is 0.340. The van der Waals surface area contributed by atoms with Crippen molar-refractivity contribution in [1.29, 1.82) is 0 Å². The van der Waals surface area contributed by atoms with Crippen LogP contribution in [0.3, 0.4) is 0 Å². The van der Waals surface area contributed by atoms with Crippen LogP contribution in [0.2, 0.25) is 0 Å². The lowest BCUT2D eigenvalue weighted by atomic mass is 10.0. The van der Waals surface area contributed by atoms with Gasteiger partial charge in [0, 0.05) is 12.9 Å². The minimum absolute atomic E-state index is 0.277. The molecule has 106 valence electrons. The fourth-order valence-corrected chi connectivity index (χ4v) is 2.18. The van der Waals surface area contributed by atoms with Crippen molar-refractivity contribution < 1.29 is 4.74 Å². The number of nitrogens with zero attached hydrogens (tertiary/aromatic N) is 2. The fraction of sp³-hybridized carbons (Fsp3) is 0.600. The third-order valence-corrected chi connectivity index (χ3v) is 3.19. The number of benzene rings is 1. The first kappa shape index (κ1) is 16.0. The van der Waals surface area contributed by atoms with Crippen LogP contribution in [0, 0.1) is 0 Å². The maximum absolute atomic E-state index is 5.73. The molecule has 19 heavy (non-hydrogen) atoms. The maximum atomic E-state index is 5.73. The van der Waals surface area contributed by atoms with E-state index in [-0.39, 0.29) is 6.04 Å². The Morgan fingerprint density at radius 1 is 1.32 bits per heavy atom. The van der Waals surface area contributed by atoms with Gasteiger partial charge in [-0.05, 0) is 50.3 Å². The summed E-state index contributed by atoms with van der Waals surface area (Å²) < 4.78 is 5.51. The van der Waals surface area contributed by atoms with E-state index in [2.05, 4.69) is 22.4 Å². The van der Waals surface area contributed by atoms with Gasteiger partial charge in [0.2, 0.25) is 0 Å². The molecule has 0 aliphatic carbocycles. The molecule has 0 aromatic heterocycles.